The van der Waals surface area contributed by atoms with E-state index in [4.69, 9.17) is 5.11 Å². The summed E-state index contributed by atoms with van der Waals surface area (Å²) in [4.78, 5) is 12.5. The molecule has 0 aromatic heterocycles. The van der Waals surface area contributed by atoms with Crippen molar-refractivity contribution >= 4 is 5.97 Å². The number of benzene rings is 1. The Morgan fingerprint density at radius 1 is 1.21 bits per heavy atom. The number of likely N-dealkylation sites (N-methyl/N-ethyl adjacent to an activating group) is 1. The summed E-state index contributed by atoms with van der Waals surface area (Å²) < 4.78 is 0. The first-order chi connectivity index (χ1) is 8.79. The third kappa shape index (κ3) is 5.01. The Hall–Kier alpha value is -1.39. The molecule has 19 heavy (non-hydrogen) atoms. The van der Waals surface area contributed by atoms with Crippen molar-refractivity contribution in [2.75, 3.05) is 13.6 Å². The first-order valence-corrected chi connectivity index (χ1v) is 6.44. The van der Waals surface area contributed by atoms with Gasteiger partial charge in [0.15, 0.2) is 0 Å². The number of carbonyl (C=O) groups is 1. The van der Waals surface area contributed by atoms with Crippen LogP contribution in [0.5, 0.6) is 0 Å². The Morgan fingerprint density at radius 3 is 2.37 bits per heavy atom. The van der Waals surface area contributed by atoms with Crippen LogP contribution in [0.4, 0.5) is 0 Å². The minimum atomic E-state index is -0.969. The summed E-state index contributed by atoms with van der Waals surface area (Å²) in [5.74, 6) is -0.969. The first kappa shape index (κ1) is 15.7. The van der Waals surface area contributed by atoms with Gasteiger partial charge in [0.1, 0.15) is 0 Å². The first-order valence-electron chi connectivity index (χ1n) is 6.44. The maximum Gasteiger partial charge on any atom is 0.306 e. The zero-order chi connectivity index (χ0) is 14.6. The number of aliphatic carboxylic acids is 1. The van der Waals surface area contributed by atoms with Crippen LogP contribution < -0.4 is 0 Å². The van der Waals surface area contributed by atoms with Gasteiger partial charge in [0.2, 0.25) is 0 Å². The maximum atomic E-state index is 10.5. The molecule has 1 rings (SSSR count). The Kier molecular flexibility index (Phi) is 5.51. The Morgan fingerprint density at radius 2 is 1.79 bits per heavy atom. The largest absolute Gasteiger partial charge is 0.481 e. The van der Waals surface area contributed by atoms with Crippen LogP contribution in [0.3, 0.4) is 0 Å². The second-order valence-corrected chi connectivity index (χ2v) is 5.31. The van der Waals surface area contributed by atoms with E-state index in [0.29, 0.717) is 13.1 Å². The molecule has 0 aliphatic carbocycles. The van der Waals surface area contributed by atoms with E-state index < -0.39 is 12.1 Å². The summed E-state index contributed by atoms with van der Waals surface area (Å²) in [6.45, 7) is 7.32. The van der Waals surface area contributed by atoms with Gasteiger partial charge in [-0.25, -0.2) is 0 Å². The van der Waals surface area contributed by atoms with Gasteiger partial charge in [-0.05, 0) is 50.1 Å². The standard InChI is InChI=1S/C15H23NO3/c1-10-5-12(3)13(6-11(10)2)8-16(4)9-14(17)7-15(18)19/h5-6,14,17H,7-9H2,1-4H3,(H,18,19). The molecule has 106 valence electrons. The molecule has 0 heterocycles. The summed E-state index contributed by atoms with van der Waals surface area (Å²) in [7, 11) is 1.89. The molecule has 0 aliphatic rings. The normalized spacial score (nSPS) is 12.7. The van der Waals surface area contributed by atoms with Crippen LogP contribution in [-0.2, 0) is 11.3 Å². The predicted octanol–water partition coefficient (Wildman–Crippen LogP) is 1.88. The van der Waals surface area contributed by atoms with Gasteiger partial charge in [-0.2, -0.15) is 0 Å². The van der Waals surface area contributed by atoms with E-state index in [-0.39, 0.29) is 6.42 Å². The molecule has 1 aromatic rings. The van der Waals surface area contributed by atoms with Gasteiger partial charge in [-0.15, -0.1) is 0 Å². The molecule has 1 atom stereocenters. The maximum absolute atomic E-state index is 10.5. The number of hydrogen-bond acceptors (Lipinski definition) is 3. The molecule has 0 saturated carbocycles. The average molecular weight is 265 g/mol. The summed E-state index contributed by atoms with van der Waals surface area (Å²) in [5.41, 5.74) is 4.96. The lowest BCUT2D eigenvalue weighted by Gasteiger charge is -2.21. The molecule has 0 amide bonds. The third-order valence-electron chi connectivity index (χ3n) is 3.33. The van der Waals surface area contributed by atoms with Gasteiger partial charge >= 0.3 is 5.97 Å². The van der Waals surface area contributed by atoms with Gasteiger partial charge < -0.3 is 10.2 Å². The number of aryl methyl sites for hydroxylation is 3. The number of carboxylic acid groups (broad SMARTS) is 1. The molecule has 4 nitrogen and oxygen atoms in total. The molecule has 0 saturated heterocycles. The van der Waals surface area contributed by atoms with Crippen molar-refractivity contribution in [3.05, 3.63) is 34.4 Å². The number of rotatable bonds is 6. The van der Waals surface area contributed by atoms with E-state index in [1.807, 2.05) is 11.9 Å². The molecule has 1 aromatic carbocycles. The SMILES string of the molecule is Cc1cc(C)c(CN(C)CC(O)CC(=O)O)cc1C. The molecular weight excluding hydrogens is 242 g/mol. The number of nitrogens with zero attached hydrogens (tertiary/aromatic N) is 1. The van der Waals surface area contributed by atoms with Crippen LogP contribution in [0.1, 0.15) is 28.7 Å². The van der Waals surface area contributed by atoms with Crippen molar-refractivity contribution < 1.29 is 15.0 Å². The molecule has 1 unspecified atom stereocenters. The Labute approximate surface area is 114 Å². The second kappa shape index (κ2) is 6.68. The van der Waals surface area contributed by atoms with Gasteiger partial charge in [-0.1, -0.05) is 12.1 Å². The highest BCUT2D eigenvalue weighted by atomic mass is 16.4. The van der Waals surface area contributed by atoms with Crippen molar-refractivity contribution in [1.29, 1.82) is 0 Å². The zero-order valence-electron chi connectivity index (χ0n) is 12.1. The van der Waals surface area contributed by atoms with E-state index in [1.165, 1.54) is 22.3 Å². The minimum absolute atomic E-state index is 0.212. The molecule has 0 fully saturated rings. The number of aliphatic hydroxyl groups excluding tert-OH is 1. The van der Waals surface area contributed by atoms with E-state index in [0.717, 1.165) is 0 Å². The summed E-state index contributed by atoms with van der Waals surface area (Å²) in [6.07, 6.45) is -1.04. The van der Waals surface area contributed by atoms with Crippen molar-refractivity contribution in [3.8, 4) is 0 Å². The summed E-state index contributed by atoms with van der Waals surface area (Å²) in [5, 5.41) is 18.2. The highest BCUT2D eigenvalue weighted by Crippen LogP contribution is 2.16. The Balaban J connectivity index is 2.64. The summed E-state index contributed by atoms with van der Waals surface area (Å²) >= 11 is 0. The molecule has 0 aliphatic heterocycles. The number of carboxylic acids is 1. The highest BCUT2D eigenvalue weighted by molar-refractivity contribution is 5.67. The van der Waals surface area contributed by atoms with Gasteiger partial charge in [0.25, 0.3) is 0 Å². The molecule has 0 bridgehead atoms. The lowest BCUT2D eigenvalue weighted by atomic mass is 10.0. The second-order valence-electron chi connectivity index (χ2n) is 5.31. The van der Waals surface area contributed by atoms with Crippen molar-refractivity contribution in [3.63, 3.8) is 0 Å². The van der Waals surface area contributed by atoms with Crippen LogP contribution in [-0.4, -0.2) is 40.8 Å². The molecule has 0 radical (unpaired) electrons. The molecule has 4 heteroatoms. The van der Waals surface area contributed by atoms with Crippen LogP contribution in [0.15, 0.2) is 12.1 Å². The van der Waals surface area contributed by atoms with E-state index in [9.17, 15) is 9.90 Å². The topological polar surface area (TPSA) is 60.8 Å². The van der Waals surface area contributed by atoms with Crippen LogP contribution in [0.2, 0.25) is 0 Å². The third-order valence-corrected chi connectivity index (χ3v) is 3.33. The highest BCUT2D eigenvalue weighted by Gasteiger charge is 2.13. The number of hydrogen-bond donors (Lipinski definition) is 2. The molecule has 0 spiro atoms. The lowest BCUT2D eigenvalue weighted by molar-refractivity contribution is -0.139. The number of aliphatic hydroxyl groups is 1. The quantitative estimate of drug-likeness (QED) is 0.824. The summed E-state index contributed by atoms with van der Waals surface area (Å²) in [6, 6.07) is 4.32. The smallest absolute Gasteiger partial charge is 0.306 e. The van der Waals surface area contributed by atoms with Gasteiger partial charge in [0, 0.05) is 13.1 Å². The van der Waals surface area contributed by atoms with Crippen LogP contribution in [0.25, 0.3) is 0 Å². The van der Waals surface area contributed by atoms with Crippen molar-refractivity contribution in [2.45, 2.75) is 39.8 Å². The zero-order valence-corrected chi connectivity index (χ0v) is 12.1. The van der Waals surface area contributed by atoms with Gasteiger partial charge in [0.05, 0.1) is 12.5 Å². The monoisotopic (exact) mass is 265 g/mol. The average Bonchev–Trinajstić information content (AvgIpc) is 2.24. The predicted molar refractivity (Wildman–Crippen MR) is 75.2 cm³/mol. The lowest BCUT2D eigenvalue weighted by Crippen LogP contribution is -2.30. The fraction of sp³-hybridized carbons (Fsp3) is 0.533. The molecule has 2 N–H and O–H groups in total. The molecular formula is C15H23NO3. The van der Waals surface area contributed by atoms with Crippen molar-refractivity contribution in [1.82, 2.24) is 4.90 Å². The van der Waals surface area contributed by atoms with E-state index >= 15 is 0 Å². The van der Waals surface area contributed by atoms with E-state index in [1.54, 1.807) is 0 Å². The van der Waals surface area contributed by atoms with Crippen LogP contribution in [0, 0.1) is 20.8 Å². The minimum Gasteiger partial charge on any atom is -0.481 e. The van der Waals surface area contributed by atoms with E-state index in [2.05, 4.69) is 32.9 Å². The fourth-order valence-electron chi connectivity index (χ4n) is 2.17. The van der Waals surface area contributed by atoms with Crippen molar-refractivity contribution in [2.24, 2.45) is 0 Å². The fourth-order valence-corrected chi connectivity index (χ4v) is 2.17. The van der Waals surface area contributed by atoms with Gasteiger partial charge in [-0.3, -0.25) is 9.69 Å². The Bertz CT molecular complexity index is 457. The van der Waals surface area contributed by atoms with Crippen LogP contribution >= 0.6 is 0 Å².